The number of nitrogens with two attached hydrogens (primary N) is 1. The number of sulfonamides is 1. The number of primary sulfonamides is 1. The molecule has 0 amide bonds. The first-order valence-electron chi connectivity index (χ1n) is 3.21. The Morgan fingerprint density at radius 2 is 1.64 bits per heavy atom. The molecule has 0 aromatic carbocycles. The standard InChI is InChI=1S/C6H15NO2S.K/c1-6(2,3)4-5-10(7,8)9;/h4-5H2,1-3H3,(H2,7,8,9);. The SMILES string of the molecule is CC(C)(C)CCS(N)(=O)=O.[K]. The Bertz CT molecular complexity index is 193. The zero-order valence-electron chi connectivity index (χ0n) is 7.72. The Balaban J connectivity index is 0. The maximum atomic E-state index is 10.5. The molecule has 0 spiro atoms. The van der Waals surface area contributed by atoms with Gasteiger partial charge in [-0.05, 0) is 11.8 Å². The molecule has 0 unspecified atom stereocenters. The van der Waals surface area contributed by atoms with Crippen molar-refractivity contribution in [3.8, 4) is 0 Å². The van der Waals surface area contributed by atoms with Gasteiger partial charge in [-0.3, -0.25) is 0 Å². The average Bonchev–Trinajstić information content (AvgIpc) is 1.57. The minimum absolute atomic E-state index is 0. The molecule has 1 radical (unpaired) electrons. The van der Waals surface area contributed by atoms with Gasteiger partial charge in [-0.2, -0.15) is 0 Å². The van der Waals surface area contributed by atoms with Gasteiger partial charge in [0.25, 0.3) is 0 Å². The van der Waals surface area contributed by atoms with Gasteiger partial charge >= 0.3 is 0 Å². The van der Waals surface area contributed by atoms with Gasteiger partial charge in [0.05, 0.1) is 5.75 Å². The minimum Gasteiger partial charge on any atom is -0.229 e. The second-order valence-electron chi connectivity index (χ2n) is 3.68. The molecule has 0 heterocycles. The zero-order chi connectivity index (χ0) is 8.41. The van der Waals surface area contributed by atoms with E-state index in [-0.39, 0.29) is 62.6 Å². The first-order valence-corrected chi connectivity index (χ1v) is 4.93. The van der Waals surface area contributed by atoms with Crippen molar-refractivity contribution >= 4 is 61.4 Å². The van der Waals surface area contributed by atoms with E-state index in [9.17, 15) is 8.42 Å². The fourth-order valence-electron chi connectivity index (χ4n) is 0.448. The predicted octanol–water partition coefficient (Wildman–Crippen LogP) is 0.330. The van der Waals surface area contributed by atoms with Crippen LogP contribution in [-0.2, 0) is 10.0 Å². The van der Waals surface area contributed by atoms with E-state index in [0.717, 1.165) is 0 Å². The topological polar surface area (TPSA) is 60.2 Å². The molecule has 0 rings (SSSR count). The molecule has 0 saturated heterocycles. The second-order valence-corrected chi connectivity index (χ2v) is 5.41. The zero-order valence-corrected chi connectivity index (χ0v) is 11.7. The molecule has 0 atom stereocenters. The maximum absolute atomic E-state index is 10.5. The molecule has 3 nitrogen and oxygen atoms in total. The first kappa shape index (κ1) is 15.0. The van der Waals surface area contributed by atoms with Crippen LogP contribution in [0.2, 0.25) is 0 Å². The molecule has 63 valence electrons. The summed E-state index contributed by atoms with van der Waals surface area (Å²) in [5.74, 6) is 0.0799. The summed E-state index contributed by atoms with van der Waals surface area (Å²) < 4.78 is 20.9. The van der Waals surface area contributed by atoms with Crippen molar-refractivity contribution in [1.29, 1.82) is 0 Å². The molecular weight excluding hydrogens is 189 g/mol. The first-order chi connectivity index (χ1) is 4.21. The Morgan fingerprint density at radius 1 is 1.27 bits per heavy atom. The van der Waals surface area contributed by atoms with E-state index in [1.807, 2.05) is 20.8 Å². The van der Waals surface area contributed by atoms with Crippen LogP contribution in [-0.4, -0.2) is 65.6 Å². The van der Waals surface area contributed by atoms with Crippen molar-refractivity contribution in [3.05, 3.63) is 0 Å². The number of hydrogen-bond acceptors (Lipinski definition) is 2. The molecule has 0 bridgehead atoms. The van der Waals surface area contributed by atoms with E-state index in [4.69, 9.17) is 5.14 Å². The molecule has 11 heavy (non-hydrogen) atoms. The normalized spacial score (nSPS) is 12.4. The fraction of sp³-hybridized carbons (Fsp3) is 1.00. The van der Waals surface area contributed by atoms with Crippen molar-refractivity contribution in [1.82, 2.24) is 0 Å². The van der Waals surface area contributed by atoms with E-state index in [1.54, 1.807) is 0 Å². The Morgan fingerprint density at radius 3 is 1.73 bits per heavy atom. The summed E-state index contributed by atoms with van der Waals surface area (Å²) in [5.41, 5.74) is 0.0481. The largest absolute Gasteiger partial charge is 0.229 e. The van der Waals surface area contributed by atoms with Crippen molar-refractivity contribution < 1.29 is 8.42 Å². The summed E-state index contributed by atoms with van der Waals surface area (Å²) in [4.78, 5) is 0. The third-order valence-electron chi connectivity index (χ3n) is 1.14. The Hall–Kier alpha value is 1.55. The van der Waals surface area contributed by atoms with Crippen molar-refractivity contribution in [2.24, 2.45) is 10.6 Å². The Labute approximate surface area is 112 Å². The molecular formula is C6H15KNO2S. The van der Waals surface area contributed by atoms with Crippen LogP contribution in [0.25, 0.3) is 0 Å². The molecule has 0 aromatic heterocycles. The minimum atomic E-state index is -3.26. The average molecular weight is 204 g/mol. The van der Waals surface area contributed by atoms with Crippen LogP contribution in [0.4, 0.5) is 0 Å². The van der Waals surface area contributed by atoms with E-state index >= 15 is 0 Å². The van der Waals surface area contributed by atoms with Gasteiger partial charge in [-0.15, -0.1) is 0 Å². The quantitative estimate of drug-likeness (QED) is 0.659. The number of rotatable bonds is 2. The van der Waals surface area contributed by atoms with Gasteiger partial charge < -0.3 is 0 Å². The van der Waals surface area contributed by atoms with Gasteiger partial charge in [-0.25, -0.2) is 13.6 Å². The van der Waals surface area contributed by atoms with Gasteiger partial charge in [0.1, 0.15) is 0 Å². The van der Waals surface area contributed by atoms with E-state index in [2.05, 4.69) is 0 Å². The third kappa shape index (κ3) is 14.4. The summed E-state index contributed by atoms with van der Waals surface area (Å²) in [6.07, 6.45) is 0.617. The summed E-state index contributed by atoms with van der Waals surface area (Å²) in [5, 5.41) is 4.81. The summed E-state index contributed by atoms with van der Waals surface area (Å²) in [6.45, 7) is 5.95. The van der Waals surface area contributed by atoms with Crippen LogP contribution in [0.15, 0.2) is 0 Å². The molecule has 0 saturated carbocycles. The summed E-state index contributed by atoms with van der Waals surface area (Å²) in [7, 11) is -3.26. The van der Waals surface area contributed by atoms with Crippen LogP contribution in [0.1, 0.15) is 27.2 Å². The third-order valence-corrected chi connectivity index (χ3v) is 1.91. The summed E-state index contributed by atoms with van der Waals surface area (Å²) in [6, 6.07) is 0. The van der Waals surface area contributed by atoms with Crippen LogP contribution >= 0.6 is 0 Å². The molecule has 0 fully saturated rings. The van der Waals surface area contributed by atoms with Gasteiger partial charge in [0.15, 0.2) is 0 Å². The fourth-order valence-corrected chi connectivity index (χ4v) is 1.35. The van der Waals surface area contributed by atoms with Crippen molar-refractivity contribution in [2.45, 2.75) is 27.2 Å². The van der Waals surface area contributed by atoms with E-state index in [1.165, 1.54) is 0 Å². The van der Waals surface area contributed by atoms with Gasteiger partial charge in [-0.1, -0.05) is 20.8 Å². The molecule has 0 aromatic rings. The molecule has 0 aliphatic carbocycles. The molecule has 5 heteroatoms. The van der Waals surface area contributed by atoms with E-state index in [0.29, 0.717) is 6.42 Å². The smallest absolute Gasteiger partial charge is 0.209 e. The monoisotopic (exact) mass is 204 g/mol. The molecule has 0 aliphatic rings. The predicted molar refractivity (Wildman–Crippen MR) is 47.8 cm³/mol. The second kappa shape index (κ2) is 5.31. The van der Waals surface area contributed by atoms with Crippen molar-refractivity contribution in [2.75, 3.05) is 5.75 Å². The van der Waals surface area contributed by atoms with Crippen LogP contribution < -0.4 is 5.14 Å². The van der Waals surface area contributed by atoms with E-state index < -0.39 is 10.0 Å². The van der Waals surface area contributed by atoms with Gasteiger partial charge in [0, 0.05) is 51.4 Å². The summed E-state index contributed by atoms with van der Waals surface area (Å²) >= 11 is 0. The van der Waals surface area contributed by atoms with Crippen LogP contribution in [0, 0.1) is 5.41 Å². The van der Waals surface area contributed by atoms with Crippen LogP contribution in [0.5, 0.6) is 0 Å². The maximum Gasteiger partial charge on any atom is 0.209 e. The van der Waals surface area contributed by atoms with Gasteiger partial charge in [0.2, 0.25) is 10.0 Å². The number of hydrogen-bond donors (Lipinski definition) is 1. The molecule has 2 N–H and O–H groups in total. The molecule has 0 aliphatic heterocycles. The van der Waals surface area contributed by atoms with Crippen LogP contribution in [0.3, 0.4) is 0 Å². The Kier molecular flexibility index (Phi) is 7.26. The van der Waals surface area contributed by atoms with Crippen molar-refractivity contribution in [3.63, 3.8) is 0 Å².